The average Bonchev–Trinajstić information content (AvgIpc) is 2.87. The van der Waals surface area contributed by atoms with Crippen molar-refractivity contribution in [1.29, 1.82) is 0 Å². The molecular formula is C19H34FNO2. The summed E-state index contributed by atoms with van der Waals surface area (Å²) in [6, 6.07) is 0. The van der Waals surface area contributed by atoms with Crippen molar-refractivity contribution in [2.45, 2.75) is 78.2 Å². The molecule has 0 amide bonds. The predicted octanol–water partition coefficient (Wildman–Crippen LogP) is 4.44. The van der Waals surface area contributed by atoms with Gasteiger partial charge in [-0.2, -0.15) is 4.94 Å². The van der Waals surface area contributed by atoms with Gasteiger partial charge < -0.3 is 10.5 Å². The van der Waals surface area contributed by atoms with Crippen LogP contribution in [0.4, 0.5) is 4.53 Å². The molecule has 4 heteroatoms. The van der Waals surface area contributed by atoms with E-state index in [-0.39, 0.29) is 16.9 Å². The summed E-state index contributed by atoms with van der Waals surface area (Å²) in [6.45, 7) is 7.38. The summed E-state index contributed by atoms with van der Waals surface area (Å²) in [5.74, 6) is 1.51. The van der Waals surface area contributed by atoms with E-state index < -0.39 is 0 Å². The fraction of sp³-hybridized carbons (Fsp3) is 0.947. The summed E-state index contributed by atoms with van der Waals surface area (Å²) in [7, 11) is 0. The summed E-state index contributed by atoms with van der Waals surface area (Å²) >= 11 is 0. The second kappa shape index (κ2) is 7.60. The number of nitrogens with two attached hydrogens (primary N) is 1. The number of halogens is 1. The van der Waals surface area contributed by atoms with Crippen LogP contribution < -0.4 is 5.73 Å². The Hall–Kier alpha value is -0.480. The van der Waals surface area contributed by atoms with Gasteiger partial charge in [-0.25, -0.2) is 0 Å². The van der Waals surface area contributed by atoms with Crippen LogP contribution in [0.2, 0.25) is 0 Å². The third-order valence-corrected chi connectivity index (χ3v) is 7.58. The van der Waals surface area contributed by atoms with Crippen LogP contribution in [0.15, 0.2) is 0 Å². The van der Waals surface area contributed by atoms with Crippen molar-refractivity contribution in [3.63, 3.8) is 0 Å². The van der Waals surface area contributed by atoms with Crippen molar-refractivity contribution in [1.82, 2.24) is 0 Å². The number of aldehydes is 1. The van der Waals surface area contributed by atoms with Gasteiger partial charge in [0.05, 0.1) is 0 Å². The molecule has 0 spiro atoms. The normalized spacial score (nSPS) is 37.9. The molecule has 2 aliphatic rings. The molecule has 0 bridgehead atoms. The van der Waals surface area contributed by atoms with Gasteiger partial charge in [0, 0.05) is 11.8 Å². The lowest BCUT2D eigenvalue weighted by Crippen LogP contribution is -2.45. The first-order valence-corrected chi connectivity index (χ1v) is 9.37. The lowest BCUT2D eigenvalue weighted by Gasteiger charge is -2.51. The Morgan fingerprint density at radius 1 is 1.43 bits per heavy atom. The van der Waals surface area contributed by atoms with Crippen molar-refractivity contribution in [3.8, 4) is 0 Å². The van der Waals surface area contributed by atoms with E-state index in [1.165, 1.54) is 0 Å². The predicted molar refractivity (Wildman–Crippen MR) is 90.4 cm³/mol. The van der Waals surface area contributed by atoms with Crippen LogP contribution in [0.3, 0.4) is 0 Å². The summed E-state index contributed by atoms with van der Waals surface area (Å²) in [4.78, 5) is 15.4. The molecule has 0 aromatic carbocycles. The van der Waals surface area contributed by atoms with Gasteiger partial charge in [-0.05, 0) is 72.8 Å². The Labute approximate surface area is 140 Å². The minimum atomic E-state index is -0.230. The molecule has 0 aliphatic heterocycles. The fourth-order valence-electron chi connectivity index (χ4n) is 5.79. The second-order valence-electron chi connectivity index (χ2n) is 8.38. The number of fused-ring (bicyclic) bond motifs is 1. The smallest absolute Gasteiger partial charge is 0.120 e. The van der Waals surface area contributed by atoms with Gasteiger partial charge in [-0.15, -0.1) is 0 Å². The quantitative estimate of drug-likeness (QED) is 0.670. The lowest BCUT2D eigenvalue weighted by atomic mass is 9.55. The van der Waals surface area contributed by atoms with Crippen LogP contribution in [-0.2, 0) is 9.74 Å². The van der Waals surface area contributed by atoms with E-state index in [9.17, 15) is 9.32 Å². The van der Waals surface area contributed by atoms with Crippen LogP contribution in [0.1, 0.15) is 72.1 Å². The maximum atomic E-state index is 12.9. The first-order valence-electron chi connectivity index (χ1n) is 9.37. The van der Waals surface area contributed by atoms with Gasteiger partial charge in [0.25, 0.3) is 0 Å². The monoisotopic (exact) mass is 327 g/mol. The van der Waals surface area contributed by atoms with E-state index >= 15 is 0 Å². The minimum absolute atomic E-state index is 0.0127. The third kappa shape index (κ3) is 3.34. The van der Waals surface area contributed by atoms with E-state index in [0.717, 1.165) is 51.2 Å². The van der Waals surface area contributed by atoms with Crippen LogP contribution in [0.25, 0.3) is 0 Å². The number of rotatable bonds is 8. The molecule has 2 saturated carbocycles. The van der Waals surface area contributed by atoms with Crippen molar-refractivity contribution in [3.05, 3.63) is 0 Å². The van der Waals surface area contributed by atoms with Crippen LogP contribution in [0.5, 0.6) is 0 Å². The number of carbonyl (C=O) groups excluding carboxylic acids is 1. The molecule has 0 heterocycles. The highest BCUT2D eigenvalue weighted by Gasteiger charge is 2.54. The summed E-state index contributed by atoms with van der Waals surface area (Å²) in [5.41, 5.74) is 6.03. The largest absolute Gasteiger partial charge is 0.330 e. The highest BCUT2D eigenvalue weighted by molar-refractivity contribution is 5.50. The van der Waals surface area contributed by atoms with Crippen molar-refractivity contribution < 1.29 is 14.3 Å². The fourth-order valence-corrected chi connectivity index (χ4v) is 5.79. The van der Waals surface area contributed by atoms with Crippen molar-refractivity contribution in [2.75, 3.05) is 6.54 Å². The zero-order valence-corrected chi connectivity index (χ0v) is 15.0. The molecule has 0 saturated heterocycles. The zero-order valence-electron chi connectivity index (χ0n) is 15.0. The maximum Gasteiger partial charge on any atom is 0.120 e. The molecule has 3 nitrogen and oxygen atoms in total. The third-order valence-electron chi connectivity index (χ3n) is 7.58. The van der Waals surface area contributed by atoms with E-state index in [0.29, 0.717) is 30.7 Å². The van der Waals surface area contributed by atoms with Crippen molar-refractivity contribution >= 4 is 6.29 Å². The molecule has 23 heavy (non-hydrogen) atoms. The number of hydrogen-bond donors (Lipinski definition) is 1. The Morgan fingerprint density at radius 3 is 2.74 bits per heavy atom. The van der Waals surface area contributed by atoms with E-state index in [4.69, 9.17) is 5.73 Å². The average molecular weight is 327 g/mol. The van der Waals surface area contributed by atoms with Gasteiger partial charge in [0.15, 0.2) is 0 Å². The molecule has 2 fully saturated rings. The molecule has 6 unspecified atom stereocenters. The summed E-state index contributed by atoms with van der Waals surface area (Å²) < 4.78 is 12.9. The standard InChI is InChI=1S/C19H34FNO2/c1-4-14(8-12-22)18(2,10-11-21)16-7-9-19(3)15(13-16)5-6-17(19)23-20/h12,14-17H,4-11,13,21H2,1-3H3. The molecule has 6 atom stereocenters. The Balaban J connectivity index is 2.18. The Kier molecular flexibility index (Phi) is 6.23. The SMILES string of the molecule is CCC(CC=O)C(C)(CCN)C1CCC2(C)C(CCC2OF)C1. The molecule has 2 N–H and O–H groups in total. The van der Waals surface area contributed by atoms with Gasteiger partial charge in [-0.3, -0.25) is 0 Å². The second-order valence-corrected chi connectivity index (χ2v) is 8.38. The van der Waals surface area contributed by atoms with E-state index in [1.807, 2.05) is 0 Å². The molecule has 2 aliphatic carbocycles. The molecule has 0 aromatic heterocycles. The van der Waals surface area contributed by atoms with Crippen LogP contribution in [0, 0.1) is 28.6 Å². The number of hydrogen-bond acceptors (Lipinski definition) is 3. The molecule has 0 radical (unpaired) electrons. The van der Waals surface area contributed by atoms with Crippen LogP contribution in [-0.4, -0.2) is 18.9 Å². The molecular weight excluding hydrogens is 293 g/mol. The zero-order chi connectivity index (χ0) is 17.1. The summed E-state index contributed by atoms with van der Waals surface area (Å²) in [5, 5.41) is 0. The highest BCUT2D eigenvalue weighted by atomic mass is 19.3. The summed E-state index contributed by atoms with van der Waals surface area (Å²) in [6.07, 6.45) is 8.59. The van der Waals surface area contributed by atoms with Gasteiger partial charge >= 0.3 is 0 Å². The van der Waals surface area contributed by atoms with Crippen LogP contribution >= 0.6 is 0 Å². The van der Waals surface area contributed by atoms with Gasteiger partial charge in [-0.1, -0.05) is 27.2 Å². The van der Waals surface area contributed by atoms with E-state index in [2.05, 4.69) is 25.7 Å². The first kappa shape index (κ1) is 18.9. The minimum Gasteiger partial charge on any atom is -0.330 e. The lowest BCUT2D eigenvalue weighted by molar-refractivity contribution is -0.217. The highest BCUT2D eigenvalue weighted by Crippen LogP contribution is 2.59. The Morgan fingerprint density at radius 2 is 2.17 bits per heavy atom. The maximum absolute atomic E-state index is 12.9. The topological polar surface area (TPSA) is 52.3 Å². The molecule has 134 valence electrons. The van der Waals surface area contributed by atoms with Crippen molar-refractivity contribution in [2.24, 2.45) is 34.3 Å². The molecule has 2 rings (SSSR count). The first-order chi connectivity index (χ1) is 11.0. The Bertz CT molecular complexity index is 405. The van der Waals surface area contributed by atoms with E-state index in [1.54, 1.807) is 0 Å². The number of carbonyl (C=O) groups is 1. The van der Waals surface area contributed by atoms with Gasteiger partial charge in [0.2, 0.25) is 0 Å². The van der Waals surface area contributed by atoms with Gasteiger partial charge in [0.1, 0.15) is 12.4 Å². The molecule has 0 aromatic rings.